The maximum atomic E-state index is 5.84. The van der Waals surface area contributed by atoms with Crippen LogP contribution in [0.3, 0.4) is 0 Å². The molecular weight excluding hydrogens is 332 g/mol. The molecule has 0 aliphatic carbocycles. The molecule has 0 saturated carbocycles. The van der Waals surface area contributed by atoms with E-state index in [-0.39, 0.29) is 4.08 Å². The van der Waals surface area contributed by atoms with Gasteiger partial charge >= 0.3 is 0 Å². The van der Waals surface area contributed by atoms with E-state index >= 15 is 0 Å². The smallest absolute Gasteiger partial charge is 0.119 e. The molecule has 1 saturated heterocycles. The molecule has 3 rings (SSSR count). The molecule has 0 amide bonds. The molecular formula is C21H24OS2. The Balaban J connectivity index is 1.57. The summed E-state index contributed by atoms with van der Waals surface area (Å²) < 4.78 is 6.08. The quantitative estimate of drug-likeness (QED) is 0.609. The zero-order valence-corrected chi connectivity index (χ0v) is 15.7. The maximum absolute atomic E-state index is 5.84. The molecule has 1 heterocycles. The fraction of sp³-hybridized carbons (Fsp3) is 0.333. The molecule has 3 heteroatoms. The summed E-state index contributed by atoms with van der Waals surface area (Å²) in [5.41, 5.74) is 2.62. The van der Waals surface area contributed by atoms with E-state index in [9.17, 15) is 0 Å². The van der Waals surface area contributed by atoms with Gasteiger partial charge in [-0.2, -0.15) is 0 Å². The van der Waals surface area contributed by atoms with Gasteiger partial charge in [-0.15, -0.1) is 23.5 Å². The molecule has 0 bridgehead atoms. The minimum atomic E-state index is 0.240. The summed E-state index contributed by atoms with van der Waals surface area (Å²) in [6.45, 7) is 2.89. The number of ether oxygens (including phenoxy) is 1. The van der Waals surface area contributed by atoms with Gasteiger partial charge in [0, 0.05) is 0 Å². The molecule has 1 aliphatic heterocycles. The molecule has 0 radical (unpaired) electrons. The van der Waals surface area contributed by atoms with Crippen molar-refractivity contribution in [3.63, 3.8) is 0 Å². The fourth-order valence-corrected chi connectivity index (χ4v) is 6.11. The predicted molar refractivity (Wildman–Crippen MR) is 109 cm³/mol. The Morgan fingerprint density at radius 1 is 1.00 bits per heavy atom. The van der Waals surface area contributed by atoms with Crippen LogP contribution in [0.2, 0.25) is 0 Å². The first kappa shape index (κ1) is 17.5. The van der Waals surface area contributed by atoms with Gasteiger partial charge in [0.2, 0.25) is 0 Å². The molecule has 0 atom stereocenters. The van der Waals surface area contributed by atoms with E-state index in [0.717, 1.165) is 5.75 Å². The van der Waals surface area contributed by atoms with Crippen LogP contribution in [0.4, 0.5) is 0 Å². The summed E-state index contributed by atoms with van der Waals surface area (Å²) in [5.74, 6) is 3.47. The number of benzene rings is 2. The van der Waals surface area contributed by atoms with E-state index in [1.54, 1.807) is 0 Å². The number of rotatable bonds is 6. The van der Waals surface area contributed by atoms with E-state index in [0.29, 0.717) is 6.61 Å². The van der Waals surface area contributed by atoms with Crippen molar-refractivity contribution in [2.24, 2.45) is 0 Å². The molecule has 1 fully saturated rings. The highest BCUT2D eigenvalue weighted by atomic mass is 32.2. The van der Waals surface area contributed by atoms with Crippen LogP contribution in [0.15, 0.2) is 60.7 Å². The third-order valence-electron chi connectivity index (χ3n) is 4.17. The number of thioether (sulfide) groups is 2. The largest absolute Gasteiger partial charge is 0.490 e. The molecule has 24 heavy (non-hydrogen) atoms. The first-order valence-electron chi connectivity index (χ1n) is 8.55. The van der Waals surface area contributed by atoms with Gasteiger partial charge in [0.25, 0.3) is 0 Å². The third-order valence-corrected chi connectivity index (χ3v) is 7.85. The van der Waals surface area contributed by atoms with Crippen LogP contribution in [0.25, 0.3) is 6.08 Å². The lowest BCUT2D eigenvalue weighted by Gasteiger charge is -2.35. The van der Waals surface area contributed by atoms with Crippen molar-refractivity contribution >= 4 is 29.6 Å². The van der Waals surface area contributed by atoms with Gasteiger partial charge in [0.1, 0.15) is 12.4 Å². The second kappa shape index (κ2) is 8.68. The monoisotopic (exact) mass is 356 g/mol. The van der Waals surface area contributed by atoms with Crippen LogP contribution in [0.1, 0.15) is 30.9 Å². The topological polar surface area (TPSA) is 9.23 Å². The first-order chi connectivity index (χ1) is 11.8. The molecule has 1 nitrogen and oxygen atoms in total. The van der Waals surface area contributed by atoms with Crippen LogP contribution in [-0.4, -0.2) is 18.1 Å². The lowest BCUT2D eigenvalue weighted by Crippen LogP contribution is -2.21. The van der Waals surface area contributed by atoms with Gasteiger partial charge in [-0.3, -0.25) is 0 Å². The number of hydrogen-bond acceptors (Lipinski definition) is 3. The highest BCUT2D eigenvalue weighted by molar-refractivity contribution is 8.18. The Labute approximate surface area is 153 Å². The van der Waals surface area contributed by atoms with Crippen molar-refractivity contribution in [2.45, 2.75) is 23.8 Å². The van der Waals surface area contributed by atoms with Crippen molar-refractivity contribution < 1.29 is 4.74 Å². The second-order valence-corrected chi connectivity index (χ2v) is 8.85. The molecule has 0 unspecified atom stereocenters. The molecule has 2 aromatic carbocycles. The SMILES string of the molecule is CCC1(c2ccc(OC/C=C/c3ccccc3)cc2)SCCCS1. The van der Waals surface area contributed by atoms with Crippen LogP contribution >= 0.6 is 23.5 Å². The van der Waals surface area contributed by atoms with Gasteiger partial charge < -0.3 is 4.74 Å². The highest BCUT2D eigenvalue weighted by Gasteiger charge is 2.33. The summed E-state index contributed by atoms with van der Waals surface area (Å²) in [6, 6.07) is 19.0. The summed E-state index contributed by atoms with van der Waals surface area (Å²) in [7, 11) is 0. The first-order valence-corrected chi connectivity index (χ1v) is 10.5. The van der Waals surface area contributed by atoms with Crippen molar-refractivity contribution in [2.75, 3.05) is 18.1 Å². The van der Waals surface area contributed by atoms with E-state index in [2.05, 4.69) is 79.0 Å². The van der Waals surface area contributed by atoms with E-state index < -0.39 is 0 Å². The number of hydrogen-bond donors (Lipinski definition) is 0. The van der Waals surface area contributed by atoms with Gasteiger partial charge in [-0.05, 0) is 53.7 Å². The van der Waals surface area contributed by atoms with Gasteiger partial charge in [0.05, 0.1) is 4.08 Å². The second-order valence-electron chi connectivity index (χ2n) is 5.81. The normalized spacial score (nSPS) is 17.0. The van der Waals surface area contributed by atoms with Crippen molar-refractivity contribution in [3.05, 3.63) is 71.8 Å². The molecule has 126 valence electrons. The van der Waals surface area contributed by atoms with Crippen LogP contribution in [0.5, 0.6) is 5.75 Å². The molecule has 0 spiro atoms. The Hall–Kier alpha value is -1.32. The van der Waals surface area contributed by atoms with Gasteiger partial charge in [-0.1, -0.05) is 55.5 Å². The predicted octanol–water partition coefficient (Wildman–Crippen LogP) is 6.21. The maximum Gasteiger partial charge on any atom is 0.119 e. The Bertz CT molecular complexity index is 643. The summed E-state index contributed by atoms with van der Waals surface area (Å²) in [4.78, 5) is 0. The molecule has 0 aromatic heterocycles. The van der Waals surface area contributed by atoms with Gasteiger partial charge in [0.15, 0.2) is 0 Å². The lowest BCUT2D eigenvalue weighted by molar-refractivity contribution is 0.363. The summed E-state index contributed by atoms with van der Waals surface area (Å²) in [5, 5.41) is 0. The zero-order valence-electron chi connectivity index (χ0n) is 14.1. The molecule has 2 aromatic rings. The van der Waals surface area contributed by atoms with Gasteiger partial charge in [-0.25, -0.2) is 0 Å². The lowest BCUT2D eigenvalue weighted by atomic mass is 10.1. The van der Waals surface area contributed by atoms with Crippen LogP contribution in [-0.2, 0) is 4.08 Å². The van der Waals surface area contributed by atoms with Crippen molar-refractivity contribution in [1.29, 1.82) is 0 Å². The Kier molecular flexibility index (Phi) is 6.33. The minimum absolute atomic E-state index is 0.240. The van der Waals surface area contributed by atoms with E-state index in [4.69, 9.17) is 4.74 Å². The average molecular weight is 357 g/mol. The molecule has 0 N–H and O–H groups in total. The van der Waals surface area contributed by atoms with Crippen LogP contribution in [0, 0.1) is 0 Å². The Morgan fingerprint density at radius 3 is 2.38 bits per heavy atom. The minimum Gasteiger partial charge on any atom is -0.490 e. The zero-order chi connectivity index (χ0) is 16.7. The van der Waals surface area contributed by atoms with Crippen molar-refractivity contribution in [1.82, 2.24) is 0 Å². The fourth-order valence-electron chi connectivity index (χ4n) is 2.85. The van der Waals surface area contributed by atoms with E-state index in [1.165, 1.54) is 35.5 Å². The summed E-state index contributed by atoms with van der Waals surface area (Å²) >= 11 is 4.20. The third kappa shape index (κ3) is 4.40. The van der Waals surface area contributed by atoms with Crippen LogP contribution < -0.4 is 4.74 Å². The van der Waals surface area contributed by atoms with Crippen molar-refractivity contribution in [3.8, 4) is 5.75 Å². The Morgan fingerprint density at radius 2 is 1.71 bits per heavy atom. The molecule has 1 aliphatic rings. The van der Waals surface area contributed by atoms with E-state index in [1.807, 2.05) is 18.2 Å². The summed E-state index contributed by atoms with van der Waals surface area (Å²) in [6.07, 6.45) is 6.65. The average Bonchev–Trinajstić information content (AvgIpc) is 2.67. The highest BCUT2D eigenvalue weighted by Crippen LogP contribution is 2.52. The standard InChI is InChI=1S/C21H24OS2/c1-2-21(23-16-7-17-24-21)19-11-13-20(14-12-19)22-15-6-10-18-8-4-3-5-9-18/h3-6,8-14H,2,7,15-17H2,1H3/b10-6+.